The van der Waals surface area contributed by atoms with E-state index < -0.39 is 5.60 Å². The highest BCUT2D eigenvalue weighted by atomic mass is 19.1. The van der Waals surface area contributed by atoms with Crippen LogP contribution in [0.1, 0.15) is 62.6 Å². The molecule has 0 spiro atoms. The second-order valence-corrected chi connectivity index (χ2v) is 5.91. The first kappa shape index (κ1) is 15.5. The summed E-state index contributed by atoms with van der Waals surface area (Å²) >= 11 is 0. The fourth-order valence-corrected chi connectivity index (χ4v) is 3.34. The average Bonchev–Trinajstić information content (AvgIpc) is 2.68. The zero-order valence-electron chi connectivity index (χ0n) is 12.6. The zero-order valence-corrected chi connectivity index (χ0v) is 12.6. The van der Waals surface area contributed by atoms with Gasteiger partial charge in [0, 0.05) is 12.2 Å². The monoisotopic (exact) mass is 279 g/mol. The van der Waals surface area contributed by atoms with Crippen LogP contribution < -0.4 is 5.73 Å². The van der Waals surface area contributed by atoms with Gasteiger partial charge in [-0.2, -0.15) is 0 Å². The van der Waals surface area contributed by atoms with E-state index >= 15 is 0 Å². The van der Waals surface area contributed by atoms with Crippen molar-refractivity contribution in [1.29, 1.82) is 0 Å². The number of aryl methyl sites for hydroxylation is 1. The van der Waals surface area contributed by atoms with E-state index in [1.165, 1.54) is 18.9 Å². The second kappa shape index (κ2) is 6.68. The summed E-state index contributed by atoms with van der Waals surface area (Å²) < 4.78 is 20.2. The van der Waals surface area contributed by atoms with Crippen LogP contribution >= 0.6 is 0 Å². The van der Waals surface area contributed by atoms with E-state index in [0.717, 1.165) is 31.2 Å². The fourth-order valence-electron chi connectivity index (χ4n) is 3.34. The molecule has 1 aliphatic rings. The van der Waals surface area contributed by atoms with E-state index in [4.69, 9.17) is 10.5 Å². The van der Waals surface area contributed by atoms with Crippen LogP contribution in [-0.4, -0.2) is 12.2 Å². The van der Waals surface area contributed by atoms with E-state index in [9.17, 15) is 4.39 Å². The van der Waals surface area contributed by atoms with Crippen molar-refractivity contribution in [3.05, 3.63) is 35.1 Å². The van der Waals surface area contributed by atoms with Crippen molar-refractivity contribution in [2.75, 3.05) is 6.61 Å². The molecule has 0 amide bonds. The number of ether oxygens (including phenoxy) is 1. The Morgan fingerprint density at radius 1 is 1.25 bits per heavy atom. The molecular weight excluding hydrogens is 253 g/mol. The third kappa shape index (κ3) is 3.21. The molecule has 1 atom stereocenters. The number of nitrogens with two attached hydrogens (primary N) is 1. The third-order valence-electron chi connectivity index (χ3n) is 4.44. The maximum atomic E-state index is 14.2. The van der Waals surface area contributed by atoms with Crippen LogP contribution in [0.3, 0.4) is 0 Å². The molecule has 0 radical (unpaired) electrons. The van der Waals surface area contributed by atoms with Gasteiger partial charge in [0.25, 0.3) is 0 Å². The molecule has 3 heteroatoms. The van der Waals surface area contributed by atoms with Gasteiger partial charge in [0.2, 0.25) is 0 Å². The van der Waals surface area contributed by atoms with Crippen LogP contribution in [-0.2, 0) is 4.74 Å². The minimum Gasteiger partial charge on any atom is -0.373 e. The first-order valence-electron chi connectivity index (χ1n) is 7.74. The molecule has 1 saturated carbocycles. The number of benzene rings is 1. The summed E-state index contributed by atoms with van der Waals surface area (Å²) in [6.45, 7) is 4.59. The predicted molar refractivity (Wildman–Crippen MR) is 80.1 cm³/mol. The Balaban J connectivity index is 2.34. The van der Waals surface area contributed by atoms with Gasteiger partial charge in [0.1, 0.15) is 5.82 Å². The Hall–Kier alpha value is -0.930. The van der Waals surface area contributed by atoms with Gasteiger partial charge in [0.05, 0.1) is 11.6 Å². The molecule has 0 bridgehead atoms. The van der Waals surface area contributed by atoms with Crippen molar-refractivity contribution in [2.45, 2.75) is 64.0 Å². The average molecular weight is 279 g/mol. The molecule has 0 aromatic heterocycles. The Morgan fingerprint density at radius 3 is 2.50 bits per heavy atom. The van der Waals surface area contributed by atoms with Gasteiger partial charge in [-0.3, -0.25) is 0 Å². The van der Waals surface area contributed by atoms with Crippen LogP contribution in [0.15, 0.2) is 18.2 Å². The second-order valence-electron chi connectivity index (χ2n) is 5.91. The van der Waals surface area contributed by atoms with E-state index in [2.05, 4.69) is 0 Å². The highest BCUT2D eigenvalue weighted by molar-refractivity contribution is 5.29. The summed E-state index contributed by atoms with van der Waals surface area (Å²) in [6, 6.07) is 4.78. The summed E-state index contributed by atoms with van der Waals surface area (Å²) in [5, 5.41) is 0. The van der Waals surface area contributed by atoms with Gasteiger partial charge < -0.3 is 10.5 Å². The van der Waals surface area contributed by atoms with Crippen molar-refractivity contribution in [2.24, 2.45) is 5.73 Å². The Kier molecular flexibility index (Phi) is 5.17. The lowest BCUT2D eigenvalue weighted by atomic mass is 9.82. The standard InChI is InChI=1S/C17H26FNO/c1-3-20-17(10-6-4-5-7-11-17)16(19)14-12-13(2)8-9-15(14)18/h8-9,12,16H,3-7,10-11,19H2,1-2H3. The van der Waals surface area contributed by atoms with Crippen LogP contribution in [0.5, 0.6) is 0 Å². The predicted octanol–water partition coefficient (Wildman–Crippen LogP) is 4.26. The number of hydrogen-bond donors (Lipinski definition) is 1. The molecule has 112 valence electrons. The summed E-state index contributed by atoms with van der Waals surface area (Å²) in [7, 11) is 0. The topological polar surface area (TPSA) is 35.2 Å². The largest absolute Gasteiger partial charge is 0.373 e. The van der Waals surface area contributed by atoms with Crippen LogP contribution in [0.25, 0.3) is 0 Å². The van der Waals surface area contributed by atoms with Gasteiger partial charge in [-0.05, 0) is 32.8 Å². The first-order chi connectivity index (χ1) is 9.59. The Labute approximate surface area is 121 Å². The molecule has 1 fully saturated rings. The normalized spacial score (nSPS) is 20.4. The molecule has 1 aromatic rings. The van der Waals surface area contributed by atoms with Gasteiger partial charge in [-0.25, -0.2) is 4.39 Å². The van der Waals surface area contributed by atoms with Gasteiger partial charge in [0.15, 0.2) is 0 Å². The van der Waals surface area contributed by atoms with Gasteiger partial charge >= 0.3 is 0 Å². The summed E-state index contributed by atoms with van der Waals surface area (Å²) in [4.78, 5) is 0. The van der Waals surface area contributed by atoms with Crippen LogP contribution in [0.4, 0.5) is 4.39 Å². The quantitative estimate of drug-likeness (QED) is 0.836. The third-order valence-corrected chi connectivity index (χ3v) is 4.44. The molecule has 0 aliphatic heterocycles. The van der Waals surface area contributed by atoms with E-state index in [0.29, 0.717) is 12.2 Å². The summed E-state index contributed by atoms with van der Waals surface area (Å²) in [5.41, 5.74) is 7.70. The minimum atomic E-state index is -0.403. The molecule has 2 nitrogen and oxygen atoms in total. The Morgan fingerprint density at radius 2 is 1.90 bits per heavy atom. The van der Waals surface area contributed by atoms with E-state index in [-0.39, 0.29) is 11.9 Å². The molecular formula is C17H26FNO. The number of rotatable bonds is 4. The van der Waals surface area contributed by atoms with Crippen molar-refractivity contribution in [3.63, 3.8) is 0 Å². The zero-order chi connectivity index (χ0) is 14.6. The first-order valence-corrected chi connectivity index (χ1v) is 7.74. The SMILES string of the molecule is CCOC1(C(N)c2cc(C)ccc2F)CCCCCC1. The lowest BCUT2D eigenvalue weighted by molar-refractivity contribution is -0.0702. The molecule has 0 heterocycles. The van der Waals surface area contributed by atoms with Crippen LogP contribution in [0, 0.1) is 12.7 Å². The van der Waals surface area contributed by atoms with Crippen molar-refractivity contribution in [1.82, 2.24) is 0 Å². The van der Waals surface area contributed by atoms with E-state index in [1.807, 2.05) is 19.9 Å². The van der Waals surface area contributed by atoms with Crippen molar-refractivity contribution in [3.8, 4) is 0 Å². The maximum absolute atomic E-state index is 14.2. The summed E-state index contributed by atoms with van der Waals surface area (Å²) in [5.74, 6) is -0.216. The van der Waals surface area contributed by atoms with Gasteiger partial charge in [-0.15, -0.1) is 0 Å². The molecule has 2 rings (SSSR count). The van der Waals surface area contributed by atoms with Gasteiger partial charge in [-0.1, -0.05) is 43.4 Å². The molecule has 1 aromatic carbocycles. The Bertz CT molecular complexity index is 439. The lowest BCUT2D eigenvalue weighted by Crippen LogP contribution is -2.44. The molecule has 0 saturated heterocycles. The molecule has 1 unspecified atom stereocenters. The number of halogens is 1. The van der Waals surface area contributed by atoms with E-state index in [1.54, 1.807) is 6.07 Å². The highest BCUT2D eigenvalue weighted by Crippen LogP contribution is 2.40. The maximum Gasteiger partial charge on any atom is 0.128 e. The van der Waals surface area contributed by atoms with Crippen molar-refractivity contribution < 1.29 is 9.13 Å². The molecule has 1 aliphatic carbocycles. The summed E-state index contributed by atoms with van der Waals surface area (Å²) in [6.07, 6.45) is 6.52. The highest BCUT2D eigenvalue weighted by Gasteiger charge is 2.39. The van der Waals surface area contributed by atoms with Crippen molar-refractivity contribution >= 4 is 0 Å². The molecule has 20 heavy (non-hydrogen) atoms. The molecule has 2 N–H and O–H groups in total. The fraction of sp³-hybridized carbons (Fsp3) is 0.647. The lowest BCUT2D eigenvalue weighted by Gasteiger charge is -2.38. The van der Waals surface area contributed by atoms with Crippen LogP contribution in [0.2, 0.25) is 0 Å². The smallest absolute Gasteiger partial charge is 0.128 e. The minimum absolute atomic E-state index is 0.216. The number of hydrogen-bond acceptors (Lipinski definition) is 2.